The maximum atomic E-state index is 12.1. The maximum absolute atomic E-state index is 12.1. The summed E-state index contributed by atoms with van der Waals surface area (Å²) in [6.45, 7) is 0.447. The molecule has 7 heteroatoms. The van der Waals surface area contributed by atoms with Gasteiger partial charge in [-0.2, -0.15) is 5.26 Å². The second-order valence-corrected chi connectivity index (χ2v) is 5.80. The standard InChI is InChI=1S/C18H15Cl2N3O2/c1-25-15-4-2-3-12(7-15)10-22-11-13(9-21)18(24)23-14-5-6-16(19)17(20)8-14/h2-8,11,22H,10H2,1H3,(H,23,24)/b13-11-. The largest absolute Gasteiger partial charge is 0.497 e. The first-order valence-electron chi connectivity index (χ1n) is 7.26. The molecule has 2 N–H and O–H groups in total. The van der Waals surface area contributed by atoms with E-state index in [2.05, 4.69) is 10.6 Å². The Morgan fingerprint density at radius 3 is 2.72 bits per heavy atom. The fourth-order valence-corrected chi connectivity index (χ4v) is 2.27. The zero-order valence-corrected chi connectivity index (χ0v) is 14.9. The summed E-state index contributed by atoms with van der Waals surface area (Å²) >= 11 is 11.7. The molecule has 0 saturated carbocycles. The number of anilines is 1. The highest BCUT2D eigenvalue weighted by Gasteiger charge is 2.10. The van der Waals surface area contributed by atoms with Crippen molar-refractivity contribution in [1.82, 2.24) is 5.32 Å². The van der Waals surface area contributed by atoms with Crippen molar-refractivity contribution in [3.8, 4) is 11.8 Å². The van der Waals surface area contributed by atoms with Crippen molar-refractivity contribution in [2.75, 3.05) is 12.4 Å². The predicted molar refractivity (Wildman–Crippen MR) is 98.6 cm³/mol. The Bertz CT molecular complexity index is 844. The van der Waals surface area contributed by atoms with E-state index in [-0.39, 0.29) is 5.57 Å². The molecular weight excluding hydrogens is 361 g/mol. The number of hydrogen-bond acceptors (Lipinski definition) is 4. The Morgan fingerprint density at radius 2 is 2.04 bits per heavy atom. The highest BCUT2D eigenvalue weighted by Crippen LogP contribution is 2.25. The Labute approximate surface area is 155 Å². The van der Waals surface area contributed by atoms with Gasteiger partial charge in [0.05, 0.1) is 17.2 Å². The molecule has 0 heterocycles. The number of hydrogen-bond donors (Lipinski definition) is 2. The van der Waals surface area contributed by atoms with Crippen LogP contribution in [-0.2, 0) is 11.3 Å². The minimum Gasteiger partial charge on any atom is -0.497 e. The molecule has 0 aliphatic heterocycles. The first kappa shape index (κ1) is 18.7. The van der Waals surface area contributed by atoms with E-state index < -0.39 is 5.91 Å². The van der Waals surface area contributed by atoms with E-state index in [0.29, 0.717) is 22.3 Å². The number of halogens is 2. The Hall–Kier alpha value is -2.68. The van der Waals surface area contributed by atoms with Crippen LogP contribution in [0.25, 0.3) is 0 Å². The molecule has 25 heavy (non-hydrogen) atoms. The van der Waals surface area contributed by atoms with Gasteiger partial charge in [0, 0.05) is 18.4 Å². The van der Waals surface area contributed by atoms with Gasteiger partial charge in [0.25, 0.3) is 5.91 Å². The highest BCUT2D eigenvalue weighted by atomic mass is 35.5. The number of rotatable bonds is 6. The molecule has 0 spiro atoms. The molecule has 0 aliphatic carbocycles. The lowest BCUT2D eigenvalue weighted by atomic mass is 10.2. The summed E-state index contributed by atoms with van der Waals surface area (Å²) in [7, 11) is 1.59. The number of carbonyl (C=O) groups is 1. The van der Waals surface area contributed by atoms with Gasteiger partial charge in [-0.3, -0.25) is 4.79 Å². The molecule has 0 aromatic heterocycles. The van der Waals surface area contributed by atoms with Crippen molar-refractivity contribution in [3.05, 3.63) is 69.8 Å². The van der Waals surface area contributed by atoms with E-state index in [9.17, 15) is 4.79 Å². The van der Waals surface area contributed by atoms with E-state index in [1.165, 1.54) is 12.3 Å². The second kappa shape index (κ2) is 8.97. The monoisotopic (exact) mass is 375 g/mol. The molecule has 2 rings (SSSR count). The zero-order valence-electron chi connectivity index (χ0n) is 13.3. The maximum Gasteiger partial charge on any atom is 0.267 e. The topological polar surface area (TPSA) is 74.1 Å². The number of carbonyl (C=O) groups excluding carboxylic acids is 1. The molecule has 0 saturated heterocycles. The third-order valence-electron chi connectivity index (χ3n) is 3.23. The second-order valence-electron chi connectivity index (χ2n) is 4.99. The van der Waals surface area contributed by atoms with Crippen LogP contribution >= 0.6 is 23.2 Å². The minimum absolute atomic E-state index is 0.0611. The summed E-state index contributed by atoms with van der Waals surface area (Å²) in [5.74, 6) is 0.195. The fraction of sp³-hybridized carbons (Fsp3) is 0.111. The van der Waals surface area contributed by atoms with E-state index in [1.807, 2.05) is 30.3 Å². The number of amides is 1. The van der Waals surface area contributed by atoms with Crippen molar-refractivity contribution >= 4 is 34.8 Å². The molecule has 5 nitrogen and oxygen atoms in total. The van der Waals surface area contributed by atoms with Crippen LogP contribution in [0.1, 0.15) is 5.56 Å². The molecule has 0 atom stereocenters. The minimum atomic E-state index is -0.543. The zero-order chi connectivity index (χ0) is 18.2. The summed E-state index contributed by atoms with van der Waals surface area (Å²) in [5, 5.41) is 15.4. The molecule has 1 amide bonds. The van der Waals surface area contributed by atoms with Crippen molar-refractivity contribution in [3.63, 3.8) is 0 Å². The van der Waals surface area contributed by atoms with E-state index in [4.69, 9.17) is 33.2 Å². The average molecular weight is 376 g/mol. The van der Waals surface area contributed by atoms with Crippen LogP contribution < -0.4 is 15.4 Å². The van der Waals surface area contributed by atoms with Gasteiger partial charge in [-0.25, -0.2) is 0 Å². The SMILES string of the molecule is COc1cccc(CN/C=C(/C#N)C(=O)Nc2ccc(Cl)c(Cl)c2)c1. The molecule has 2 aromatic rings. The van der Waals surface area contributed by atoms with Gasteiger partial charge in [-0.15, -0.1) is 0 Å². The molecule has 0 bridgehead atoms. The number of nitrogens with one attached hydrogen (secondary N) is 2. The molecule has 0 fully saturated rings. The summed E-state index contributed by atoms with van der Waals surface area (Å²) in [4.78, 5) is 12.1. The number of benzene rings is 2. The molecular formula is C18H15Cl2N3O2. The van der Waals surface area contributed by atoms with Gasteiger partial charge in [0.15, 0.2) is 0 Å². The lowest BCUT2D eigenvalue weighted by molar-refractivity contribution is -0.112. The van der Waals surface area contributed by atoms with E-state index >= 15 is 0 Å². The molecule has 2 aromatic carbocycles. The third kappa shape index (κ3) is 5.42. The van der Waals surface area contributed by atoms with Gasteiger partial charge >= 0.3 is 0 Å². The van der Waals surface area contributed by atoms with Crippen LogP contribution in [0, 0.1) is 11.3 Å². The molecule has 0 aliphatic rings. The van der Waals surface area contributed by atoms with Crippen molar-refractivity contribution in [2.24, 2.45) is 0 Å². The van der Waals surface area contributed by atoms with E-state index in [0.717, 1.165) is 11.3 Å². The predicted octanol–water partition coefficient (Wildman–Crippen LogP) is 4.14. The quantitative estimate of drug-likeness (QED) is 0.587. The number of nitriles is 1. The number of ether oxygens (including phenoxy) is 1. The van der Waals surface area contributed by atoms with Gasteiger partial charge < -0.3 is 15.4 Å². The lowest BCUT2D eigenvalue weighted by Gasteiger charge is -2.07. The van der Waals surface area contributed by atoms with Crippen LogP contribution in [0.3, 0.4) is 0 Å². The molecule has 128 valence electrons. The van der Waals surface area contributed by atoms with Crippen LogP contribution in [-0.4, -0.2) is 13.0 Å². The van der Waals surface area contributed by atoms with Crippen molar-refractivity contribution in [1.29, 1.82) is 5.26 Å². The van der Waals surface area contributed by atoms with Crippen LogP contribution in [0.4, 0.5) is 5.69 Å². The Balaban J connectivity index is 1.99. The molecule has 0 unspecified atom stereocenters. The molecule has 0 radical (unpaired) electrons. The average Bonchev–Trinajstić information content (AvgIpc) is 2.62. The summed E-state index contributed by atoms with van der Waals surface area (Å²) in [5.41, 5.74) is 1.35. The van der Waals surface area contributed by atoms with Crippen molar-refractivity contribution in [2.45, 2.75) is 6.54 Å². The van der Waals surface area contributed by atoms with Gasteiger partial charge in [0.1, 0.15) is 17.4 Å². The summed E-state index contributed by atoms with van der Waals surface area (Å²) in [6, 6.07) is 14.0. The first-order valence-corrected chi connectivity index (χ1v) is 8.02. The fourth-order valence-electron chi connectivity index (χ4n) is 1.97. The van der Waals surface area contributed by atoms with E-state index in [1.54, 1.807) is 19.2 Å². The smallest absolute Gasteiger partial charge is 0.267 e. The number of methoxy groups -OCH3 is 1. The van der Waals surface area contributed by atoms with Gasteiger partial charge in [-0.05, 0) is 35.9 Å². The first-order chi connectivity index (χ1) is 12.0. The van der Waals surface area contributed by atoms with Crippen LogP contribution in [0.15, 0.2) is 54.2 Å². The van der Waals surface area contributed by atoms with Crippen LogP contribution in [0.5, 0.6) is 5.75 Å². The highest BCUT2D eigenvalue weighted by molar-refractivity contribution is 6.42. The van der Waals surface area contributed by atoms with Gasteiger partial charge in [0.2, 0.25) is 0 Å². The number of nitrogens with zero attached hydrogens (tertiary/aromatic N) is 1. The van der Waals surface area contributed by atoms with Crippen molar-refractivity contribution < 1.29 is 9.53 Å². The van der Waals surface area contributed by atoms with Gasteiger partial charge in [-0.1, -0.05) is 35.3 Å². The Morgan fingerprint density at radius 1 is 1.24 bits per heavy atom. The Kier molecular flexibility index (Phi) is 6.70. The normalized spacial score (nSPS) is 10.7. The van der Waals surface area contributed by atoms with Crippen LogP contribution in [0.2, 0.25) is 10.0 Å². The lowest BCUT2D eigenvalue weighted by Crippen LogP contribution is -2.16. The summed E-state index contributed by atoms with van der Waals surface area (Å²) in [6.07, 6.45) is 1.37. The summed E-state index contributed by atoms with van der Waals surface area (Å²) < 4.78 is 5.15. The third-order valence-corrected chi connectivity index (χ3v) is 3.97.